The topological polar surface area (TPSA) is 94.9 Å². The second-order valence-electron chi connectivity index (χ2n) is 8.53. The Hall–Kier alpha value is -2.68. The highest BCUT2D eigenvalue weighted by atomic mass is 35.5. The molecule has 1 unspecified atom stereocenters. The highest BCUT2D eigenvalue weighted by molar-refractivity contribution is 6.30. The van der Waals surface area contributed by atoms with Gasteiger partial charge in [0, 0.05) is 37.8 Å². The van der Waals surface area contributed by atoms with Crippen LogP contribution in [0.3, 0.4) is 0 Å². The number of carbonyl (C=O) groups is 1. The lowest BCUT2D eigenvalue weighted by Gasteiger charge is -2.28. The first-order valence-corrected chi connectivity index (χ1v) is 10.6. The zero-order valence-corrected chi connectivity index (χ0v) is 17.8. The van der Waals surface area contributed by atoms with Gasteiger partial charge in [0.15, 0.2) is 5.69 Å². The van der Waals surface area contributed by atoms with Gasteiger partial charge in [0.05, 0.1) is 17.8 Å². The molecule has 0 N–H and O–H groups in total. The van der Waals surface area contributed by atoms with Crippen molar-refractivity contribution < 1.29 is 9.32 Å². The lowest BCUT2D eigenvalue weighted by atomic mass is 9.76. The Morgan fingerprint density at radius 1 is 1.37 bits per heavy atom. The van der Waals surface area contributed by atoms with Gasteiger partial charge < -0.3 is 14.0 Å². The average Bonchev–Trinajstić information content (AvgIpc) is 3.52. The molecule has 0 radical (unpaired) electrons. The fourth-order valence-corrected chi connectivity index (χ4v) is 5.31. The zero-order valence-electron chi connectivity index (χ0n) is 17.1. The van der Waals surface area contributed by atoms with Crippen LogP contribution in [0.15, 0.2) is 23.2 Å². The second kappa shape index (κ2) is 7.23. The average molecular weight is 430 g/mol. The molecule has 1 saturated carbocycles. The molecule has 3 aromatic rings. The third-order valence-electron chi connectivity index (χ3n) is 6.70. The molecule has 1 amide bonds. The molecule has 3 aromatic heterocycles. The molecule has 0 aromatic carbocycles. The first kappa shape index (κ1) is 19.3. The van der Waals surface area contributed by atoms with E-state index in [-0.39, 0.29) is 17.2 Å². The molecular formula is C20H24ClN7O2. The minimum Gasteiger partial charge on any atom is -0.361 e. The van der Waals surface area contributed by atoms with E-state index in [1.54, 1.807) is 23.4 Å². The summed E-state index contributed by atoms with van der Waals surface area (Å²) in [6.07, 6.45) is 9.60. The summed E-state index contributed by atoms with van der Waals surface area (Å²) in [7, 11) is 1.97. The lowest BCUT2D eigenvalue weighted by molar-refractivity contribution is 0.0761. The van der Waals surface area contributed by atoms with Gasteiger partial charge >= 0.3 is 0 Å². The maximum atomic E-state index is 13.5. The van der Waals surface area contributed by atoms with E-state index >= 15 is 0 Å². The third kappa shape index (κ3) is 3.12. The molecule has 0 bridgehead atoms. The first-order chi connectivity index (χ1) is 14.5. The Bertz CT molecular complexity index is 1080. The van der Waals surface area contributed by atoms with Crippen LogP contribution in [0.4, 0.5) is 0 Å². The maximum absolute atomic E-state index is 13.5. The number of carbonyl (C=O) groups excluding carboxylic acids is 1. The van der Waals surface area contributed by atoms with Crippen molar-refractivity contribution in [2.45, 2.75) is 45.1 Å². The predicted molar refractivity (Wildman–Crippen MR) is 108 cm³/mol. The number of aromatic nitrogens is 6. The van der Waals surface area contributed by atoms with Crippen molar-refractivity contribution in [1.82, 2.24) is 34.6 Å². The van der Waals surface area contributed by atoms with Gasteiger partial charge in [-0.15, -0.1) is 10.2 Å². The Labute approximate surface area is 179 Å². The van der Waals surface area contributed by atoms with E-state index in [0.717, 1.165) is 24.2 Å². The number of nitrogens with zero attached hydrogens (tertiary/aromatic N) is 7. The highest BCUT2D eigenvalue weighted by Gasteiger charge is 2.52. The van der Waals surface area contributed by atoms with Gasteiger partial charge in [-0.2, -0.15) is 5.10 Å². The van der Waals surface area contributed by atoms with Crippen LogP contribution in [0, 0.1) is 12.3 Å². The third-order valence-corrected chi connectivity index (χ3v) is 6.90. The highest BCUT2D eigenvalue weighted by Crippen LogP contribution is 2.53. The van der Waals surface area contributed by atoms with Crippen molar-refractivity contribution in [1.29, 1.82) is 0 Å². The normalized spacial score (nSPS) is 20.5. The fraction of sp³-hybridized carbons (Fsp3) is 0.550. The van der Waals surface area contributed by atoms with Gasteiger partial charge in [0.25, 0.3) is 5.91 Å². The van der Waals surface area contributed by atoms with Gasteiger partial charge in [0.2, 0.25) is 0 Å². The van der Waals surface area contributed by atoms with E-state index < -0.39 is 0 Å². The van der Waals surface area contributed by atoms with Crippen LogP contribution in [0.5, 0.6) is 0 Å². The van der Waals surface area contributed by atoms with E-state index in [0.29, 0.717) is 36.1 Å². The van der Waals surface area contributed by atoms with Crippen LogP contribution in [-0.4, -0.2) is 53.6 Å². The summed E-state index contributed by atoms with van der Waals surface area (Å²) in [4.78, 5) is 15.4. The molecule has 2 fully saturated rings. The van der Waals surface area contributed by atoms with Crippen molar-refractivity contribution in [3.8, 4) is 0 Å². The molecule has 2 aliphatic rings. The molecule has 10 heteroatoms. The summed E-state index contributed by atoms with van der Waals surface area (Å²) < 4.78 is 9.05. The number of aryl methyl sites for hydroxylation is 2. The van der Waals surface area contributed by atoms with Gasteiger partial charge in [0.1, 0.15) is 17.9 Å². The number of amides is 1. The van der Waals surface area contributed by atoms with Crippen molar-refractivity contribution in [3.63, 3.8) is 0 Å². The molecule has 5 rings (SSSR count). The van der Waals surface area contributed by atoms with Crippen LogP contribution in [0.1, 0.15) is 59.2 Å². The Morgan fingerprint density at radius 2 is 2.17 bits per heavy atom. The minimum atomic E-state index is -0.101. The molecule has 9 nitrogen and oxygen atoms in total. The molecule has 1 aliphatic heterocycles. The Morgan fingerprint density at radius 3 is 2.83 bits per heavy atom. The predicted octanol–water partition coefficient (Wildman–Crippen LogP) is 2.81. The molecule has 4 heterocycles. The monoisotopic (exact) mass is 429 g/mol. The fourth-order valence-electron chi connectivity index (χ4n) is 5.15. The van der Waals surface area contributed by atoms with E-state index in [1.807, 2.05) is 23.4 Å². The summed E-state index contributed by atoms with van der Waals surface area (Å²) >= 11 is 5.98. The number of hydrogen-bond donors (Lipinski definition) is 0. The van der Waals surface area contributed by atoms with Crippen LogP contribution in [0.2, 0.25) is 5.02 Å². The number of likely N-dealkylation sites (tertiary alicyclic amines) is 1. The van der Waals surface area contributed by atoms with E-state index in [2.05, 4.69) is 20.5 Å². The maximum Gasteiger partial charge on any atom is 0.276 e. The number of hydrogen-bond acceptors (Lipinski definition) is 6. The molecule has 158 valence electrons. The largest absolute Gasteiger partial charge is 0.361 e. The standard InChI is InChI=1S/C20H24ClN7O2/c1-13-15(9-28-8-14(21)7-23-28)17(25-30-13)19(29)27-10-16(18-24-22-12-26(18)2)20(11-27)5-3-4-6-20/h7-8,12,16H,3-6,9-11H2,1-2H3. The minimum absolute atomic E-state index is 0.0604. The second-order valence-corrected chi connectivity index (χ2v) is 8.97. The Balaban J connectivity index is 1.44. The summed E-state index contributed by atoms with van der Waals surface area (Å²) in [6, 6.07) is 0. The van der Waals surface area contributed by atoms with Crippen molar-refractivity contribution in [3.05, 3.63) is 46.6 Å². The first-order valence-electron chi connectivity index (χ1n) is 10.2. The molecule has 1 spiro atoms. The number of halogens is 1. The van der Waals surface area contributed by atoms with Gasteiger partial charge in [-0.25, -0.2) is 0 Å². The van der Waals surface area contributed by atoms with Crippen LogP contribution < -0.4 is 0 Å². The van der Waals surface area contributed by atoms with E-state index in [4.69, 9.17) is 16.1 Å². The Kier molecular flexibility index (Phi) is 4.65. The quantitative estimate of drug-likeness (QED) is 0.632. The summed E-state index contributed by atoms with van der Waals surface area (Å²) in [5.41, 5.74) is 1.15. The molecule has 1 saturated heterocycles. The summed E-state index contributed by atoms with van der Waals surface area (Å²) in [5.74, 6) is 1.65. The van der Waals surface area contributed by atoms with Crippen LogP contribution >= 0.6 is 11.6 Å². The van der Waals surface area contributed by atoms with E-state index in [1.165, 1.54) is 12.8 Å². The summed E-state index contributed by atoms with van der Waals surface area (Å²) in [6.45, 7) is 3.52. The molecule has 30 heavy (non-hydrogen) atoms. The number of rotatable bonds is 4. The van der Waals surface area contributed by atoms with Crippen LogP contribution in [0.25, 0.3) is 0 Å². The van der Waals surface area contributed by atoms with Crippen molar-refractivity contribution >= 4 is 17.5 Å². The SMILES string of the molecule is Cc1onc(C(=O)N2CC(c3nncn3C)C3(CCCC3)C2)c1Cn1cc(Cl)cn1. The molecule has 1 atom stereocenters. The van der Waals surface area contributed by atoms with Gasteiger partial charge in [-0.1, -0.05) is 29.6 Å². The molecule has 1 aliphatic carbocycles. The van der Waals surface area contributed by atoms with E-state index in [9.17, 15) is 4.79 Å². The summed E-state index contributed by atoms with van der Waals surface area (Å²) in [5, 5.41) is 17.3. The lowest BCUT2D eigenvalue weighted by Crippen LogP contribution is -2.32. The van der Waals surface area contributed by atoms with Gasteiger partial charge in [-0.3, -0.25) is 9.48 Å². The van der Waals surface area contributed by atoms with Gasteiger partial charge in [-0.05, 0) is 25.2 Å². The zero-order chi connectivity index (χ0) is 20.9. The van der Waals surface area contributed by atoms with Crippen LogP contribution in [-0.2, 0) is 13.6 Å². The molecular weight excluding hydrogens is 406 g/mol. The smallest absolute Gasteiger partial charge is 0.276 e. The van der Waals surface area contributed by atoms with Crippen molar-refractivity contribution in [2.75, 3.05) is 13.1 Å². The van der Waals surface area contributed by atoms with Crippen molar-refractivity contribution in [2.24, 2.45) is 12.5 Å².